The van der Waals surface area contributed by atoms with Gasteiger partial charge in [-0.05, 0) is 5.92 Å². The van der Waals surface area contributed by atoms with Gasteiger partial charge in [0.15, 0.2) is 0 Å². The Morgan fingerprint density at radius 3 is 0.913 bits per heavy atom. The topological polar surface area (TPSA) is 40.1 Å². The van der Waals surface area contributed by atoms with Gasteiger partial charge in [0.1, 0.15) is 0 Å². The fourth-order valence-electron chi connectivity index (χ4n) is 3.55. The molecule has 0 aliphatic carbocycles. The van der Waals surface area contributed by atoms with Gasteiger partial charge in [0.25, 0.3) is 0 Å². The summed E-state index contributed by atoms with van der Waals surface area (Å²) in [6.07, 6.45) is 0. The van der Waals surface area contributed by atoms with Crippen molar-refractivity contribution in [1.29, 1.82) is 0 Å². The van der Waals surface area contributed by atoms with Gasteiger partial charge in [-0.25, -0.2) is 0 Å². The molecule has 0 aromatic heterocycles. The minimum absolute atomic E-state index is 0.343. The van der Waals surface area contributed by atoms with Crippen molar-refractivity contribution in [2.45, 2.75) is 69.2 Å². The largest absolute Gasteiger partial charge is 0.550 e. The van der Waals surface area contributed by atoms with Gasteiger partial charge in [-0.3, -0.25) is 0 Å². The highest BCUT2D eigenvalue weighted by atomic mass is 16.4. The number of aliphatic carboxylic acids is 1. The summed E-state index contributed by atoms with van der Waals surface area (Å²) in [4.78, 5) is 9.59. The normalized spacial score (nSPS) is 12.3. The molecule has 0 spiro atoms. The van der Waals surface area contributed by atoms with E-state index in [9.17, 15) is 9.90 Å². The Morgan fingerprint density at radius 2 is 0.826 bits per heavy atom. The zero-order chi connectivity index (χ0) is 18.8. The Labute approximate surface area is 146 Å². The highest BCUT2D eigenvalue weighted by Gasteiger charge is 2.31. The van der Waals surface area contributed by atoms with Crippen LogP contribution in [0.5, 0.6) is 0 Å². The molecule has 0 radical (unpaired) electrons. The molecule has 0 aromatic carbocycles. The predicted molar refractivity (Wildman–Crippen MR) is 98.9 cm³/mol. The first-order valence-corrected chi connectivity index (χ1v) is 9.37. The molecule has 0 aromatic rings. The van der Waals surface area contributed by atoms with Crippen LogP contribution in [-0.4, -0.2) is 36.6 Å². The Kier molecular flexibility index (Phi) is 12.8. The van der Waals surface area contributed by atoms with Crippen molar-refractivity contribution in [3.8, 4) is 0 Å². The molecule has 0 amide bonds. The Morgan fingerprint density at radius 1 is 0.652 bits per heavy atom. The van der Waals surface area contributed by atoms with E-state index in [-0.39, 0.29) is 5.92 Å². The third kappa shape index (κ3) is 14.7. The summed E-state index contributed by atoms with van der Waals surface area (Å²) in [6.45, 7) is 27.5. The SMILES string of the molecule is CC(C)C(=O)[O-].CC(C)C[N+](CC(C)C)(CC(C)C)CC(C)C. The predicted octanol–water partition coefficient (Wildman–Crippen LogP) is 3.82. The zero-order valence-electron chi connectivity index (χ0n) is 17.5. The molecule has 0 aliphatic rings. The molecule has 0 N–H and O–H groups in total. The quantitative estimate of drug-likeness (QED) is 0.603. The van der Waals surface area contributed by atoms with E-state index >= 15 is 0 Å². The fourth-order valence-corrected chi connectivity index (χ4v) is 3.55. The van der Waals surface area contributed by atoms with Gasteiger partial charge in [-0.15, -0.1) is 0 Å². The molecule has 0 saturated carbocycles. The van der Waals surface area contributed by atoms with Crippen LogP contribution in [0.25, 0.3) is 0 Å². The second-order valence-electron chi connectivity index (χ2n) is 9.12. The molecule has 0 fully saturated rings. The summed E-state index contributed by atoms with van der Waals surface area (Å²) < 4.78 is 1.32. The summed E-state index contributed by atoms with van der Waals surface area (Å²) in [5.74, 6) is 1.86. The van der Waals surface area contributed by atoms with Crippen molar-refractivity contribution in [3.05, 3.63) is 0 Å². The second kappa shape index (κ2) is 11.9. The molecular weight excluding hydrogens is 286 g/mol. The van der Waals surface area contributed by atoms with Crippen molar-refractivity contribution < 1.29 is 14.4 Å². The zero-order valence-corrected chi connectivity index (χ0v) is 17.5. The maximum atomic E-state index is 9.59. The van der Waals surface area contributed by atoms with Crippen molar-refractivity contribution in [3.63, 3.8) is 0 Å². The third-order valence-electron chi connectivity index (χ3n) is 3.48. The average molecular weight is 330 g/mol. The molecule has 3 heteroatoms. The van der Waals surface area contributed by atoms with Crippen LogP contribution in [0, 0.1) is 29.6 Å². The first-order chi connectivity index (χ1) is 10.3. The minimum atomic E-state index is -0.991. The molecule has 0 aliphatic heterocycles. The maximum absolute atomic E-state index is 9.59. The highest BCUT2D eigenvalue weighted by Crippen LogP contribution is 2.21. The van der Waals surface area contributed by atoms with E-state index in [4.69, 9.17) is 0 Å². The van der Waals surface area contributed by atoms with Crippen LogP contribution in [0.2, 0.25) is 0 Å². The minimum Gasteiger partial charge on any atom is -0.550 e. The van der Waals surface area contributed by atoms with Crippen molar-refractivity contribution >= 4 is 5.97 Å². The molecule has 0 unspecified atom stereocenters. The molecule has 3 nitrogen and oxygen atoms in total. The first-order valence-electron chi connectivity index (χ1n) is 9.37. The maximum Gasteiger partial charge on any atom is 0.0810 e. The van der Waals surface area contributed by atoms with Gasteiger partial charge in [-0.1, -0.05) is 69.2 Å². The number of quaternary nitrogens is 1. The smallest absolute Gasteiger partial charge is 0.0810 e. The number of nitrogens with zero attached hydrogens (tertiary/aromatic N) is 1. The van der Waals surface area contributed by atoms with E-state index in [0.717, 1.165) is 23.7 Å². The van der Waals surface area contributed by atoms with E-state index in [1.807, 2.05) is 0 Å². The number of hydrogen-bond donors (Lipinski definition) is 0. The van der Waals surface area contributed by atoms with Crippen LogP contribution in [0.1, 0.15) is 69.2 Å². The number of carbonyl (C=O) groups is 1. The molecule has 0 heterocycles. The lowest BCUT2D eigenvalue weighted by molar-refractivity contribution is -0.938. The number of carboxylic acid groups (broad SMARTS) is 1. The summed E-state index contributed by atoms with van der Waals surface area (Å²) in [6, 6.07) is 0. The summed E-state index contributed by atoms with van der Waals surface area (Å²) in [5.41, 5.74) is 0. The van der Waals surface area contributed by atoms with Gasteiger partial charge >= 0.3 is 0 Å². The summed E-state index contributed by atoms with van der Waals surface area (Å²) >= 11 is 0. The van der Waals surface area contributed by atoms with E-state index in [2.05, 4.69) is 55.4 Å². The summed E-state index contributed by atoms with van der Waals surface area (Å²) in [5, 5.41) is 9.59. The van der Waals surface area contributed by atoms with Gasteiger partial charge in [0.05, 0.1) is 26.2 Å². The van der Waals surface area contributed by atoms with Crippen LogP contribution in [0.4, 0.5) is 0 Å². The average Bonchev–Trinajstić information content (AvgIpc) is 2.23. The number of hydrogen-bond acceptors (Lipinski definition) is 2. The molecular formula is C20H43NO2. The number of carboxylic acids is 1. The van der Waals surface area contributed by atoms with Gasteiger partial charge < -0.3 is 14.4 Å². The fraction of sp³-hybridized carbons (Fsp3) is 0.950. The molecule has 0 atom stereocenters. The molecule has 0 rings (SSSR count). The lowest BCUT2D eigenvalue weighted by Crippen LogP contribution is -2.56. The van der Waals surface area contributed by atoms with Crippen LogP contribution in [0.3, 0.4) is 0 Å². The molecule has 23 heavy (non-hydrogen) atoms. The van der Waals surface area contributed by atoms with Gasteiger partial charge in [0, 0.05) is 29.6 Å². The van der Waals surface area contributed by atoms with Gasteiger partial charge in [0.2, 0.25) is 0 Å². The Bertz CT molecular complexity index is 261. The first kappa shape index (κ1) is 24.7. The molecule has 0 bridgehead atoms. The standard InChI is InChI=1S/C16H36N.C4H8O2/c1-13(2)9-17(10-14(3)4,11-15(5)6)12-16(7)8;1-3(2)4(5)6/h13-16H,9-12H2,1-8H3;3H,1-2H3,(H,5,6)/q+1;/p-1. The van der Waals surface area contributed by atoms with E-state index in [1.165, 1.54) is 30.7 Å². The lowest BCUT2D eigenvalue weighted by atomic mass is 10.0. The van der Waals surface area contributed by atoms with E-state index in [0.29, 0.717) is 0 Å². The molecule has 0 saturated heterocycles. The summed E-state index contributed by atoms with van der Waals surface area (Å²) in [7, 11) is 0. The van der Waals surface area contributed by atoms with Crippen LogP contribution < -0.4 is 5.11 Å². The van der Waals surface area contributed by atoms with Crippen LogP contribution >= 0.6 is 0 Å². The van der Waals surface area contributed by atoms with Gasteiger partial charge in [-0.2, -0.15) is 0 Å². The number of rotatable bonds is 9. The van der Waals surface area contributed by atoms with E-state index < -0.39 is 5.97 Å². The highest BCUT2D eigenvalue weighted by molar-refractivity contribution is 5.66. The second-order valence-corrected chi connectivity index (χ2v) is 9.12. The van der Waals surface area contributed by atoms with Crippen LogP contribution in [-0.2, 0) is 4.79 Å². The van der Waals surface area contributed by atoms with Crippen molar-refractivity contribution in [2.75, 3.05) is 26.2 Å². The van der Waals surface area contributed by atoms with Crippen molar-refractivity contribution in [2.24, 2.45) is 29.6 Å². The van der Waals surface area contributed by atoms with Crippen molar-refractivity contribution in [1.82, 2.24) is 0 Å². The Hall–Kier alpha value is -0.570. The molecule has 140 valence electrons. The third-order valence-corrected chi connectivity index (χ3v) is 3.48. The van der Waals surface area contributed by atoms with E-state index in [1.54, 1.807) is 13.8 Å². The van der Waals surface area contributed by atoms with Crippen LogP contribution in [0.15, 0.2) is 0 Å². The number of carbonyl (C=O) groups excluding carboxylic acids is 1. The lowest BCUT2D eigenvalue weighted by Gasteiger charge is -2.44. The monoisotopic (exact) mass is 329 g/mol. The Balaban J connectivity index is 0.